The number of nitrogens with zero attached hydrogens (tertiary/aromatic N) is 1. The number of benzene rings is 3. The van der Waals surface area contributed by atoms with Gasteiger partial charge in [-0.05, 0) is 54.8 Å². The standard InChI is InChI=1S/C27H30N4O4/c1-16-11-17(2)24(18(3)12-16)30-27(34)29-22-14-20-8-6-5-7-19(20)13-21(22)25(32)31-10-9-28-15-23(31)26(33)35-4/h5-8,11-14,23,28H,9-10,15H2,1-4H3,(H2,29,30,34)/t23-/m0/s1. The van der Waals surface area contributed by atoms with Crippen molar-refractivity contribution in [3.63, 3.8) is 0 Å². The van der Waals surface area contributed by atoms with Gasteiger partial charge in [-0.15, -0.1) is 0 Å². The zero-order valence-electron chi connectivity index (χ0n) is 20.4. The van der Waals surface area contributed by atoms with Crippen molar-refractivity contribution >= 4 is 40.1 Å². The second-order valence-electron chi connectivity index (χ2n) is 8.84. The fourth-order valence-corrected chi connectivity index (χ4v) is 4.61. The molecule has 8 nitrogen and oxygen atoms in total. The Morgan fingerprint density at radius 2 is 1.63 bits per heavy atom. The predicted octanol–water partition coefficient (Wildman–Crippen LogP) is 4.00. The number of fused-ring (bicyclic) bond motifs is 1. The van der Waals surface area contributed by atoms with Crippen LogP contribution in [0.4, 0.5) is 16.2 Å². The molecule has 3 N–H and O–H groups in total. The summed E-state index contributed by atoms with van der Waals surface area (Å²) in [6.07, 6.45) is 0. The highest BCUT2D eigenvalue weighted by Crippen LogP contribution is 2.28. The Kier molecular flexibility index (Phi) is 7.02. The number of aryl methyl sites for hydroxylation is 3. The summed E-state index contributed by atoms with van der Waals surface area (Å²) in [6.45, 7) is 7.10. The van der Waals surface area contributed by atoms with Crippen molar-refractivity contribution in [1.82, 2.24) is 10.2 Å². The van der Waals surface area contributed by atoms with Gasteiger partial charge in [0.1, 0.15) is 6.04 Å². The van der Waals surface area contributed by atoms with Gasteiger partial charge < -0.3 is 25.6 Å². The highest BCUT2D eigenvalue weighted by Gasteiger charge is 2.34. The van der Waals surface area contributed by atoms with Crippen LogP contribution in [-0.2, 0) is 9.53 Å². The molecule has 0 aromatic heterocycles. The zero-order chi connectivity index (χ0) is 25.1. The summed E-state index contributed by atoms with van der Waals surface area (Å²) in [6, 6.07) is 14.0. The molecule has 4 rings (SSSR count). The van der Waals surface area contributed by atoms with Crippen LogP contribution in [0.5, 0.6) is 0 Å². The summed E-state index contributed by atoms with van der Waals surface area (Å²) in [7, 11) is 1.31. The molecule has 1 fully saturated rings. The van der Waals surface area contributed by atoms with Crippen LogP contribution < -0.4 is 16.0 Å². The molecule has 1 atom stereocenters. The highest BCUT2D eigenvalue weighted by molar-refractivity contribution is 6.10. The number of ether oxygens (including phenoxy) is 1. The minimum atomic E-state index is -0.743. The number of rotatable bonds is 4. The molecule has 0 aliphatic carbocycles. The Morgan fingerprint density at radius 1 is 0.971 bits per heavy atom. The second kappa shape index (κ2) is 10.1. The van der Waals surface area contributed by atoms with E-state index in [1.165, 1.54) is 12.0 Å². The molecule has 0 radical (unpaired) electrons. The minimum Gasteiger partial charge on any atom is -0.467 e. The molecule has 3 aromatic carbocycles. The molecule has 0 saturated carbocycles. The first-order valence-electron chi connectivity index (χ1n) is 11.6. The van der Waals surface area contributed by atoms with Gasteiger partial charge in [0.05, 0.1) is 18.4 Å². The van der Waals surface area contributed by atoms with Crippen molar-refractivity contribution < 1.29 is 19.1 Å². The van der Waals surface area contributed by atoms with Gasteiger partial charge in [-0.25, -0.2) is 9.59 Å². The lowest BCUT2D eigenvalue weighted by Gasteiger charge is -2.34. The van der Waals surface area contributed by atoms with E-state index in [-0.39, 0.29) is 5.91 Å². The molecule has 3 amide bonds. The van der Waals surface area contributed by atoms with Crippen LogP contribution in [0.25, 0.3) is 10.8 Å². The Hall–Kier alpha value is -3.91. The Balaban J connectivity index is 1.69. The topological polar surface area (TPSA) is 99.8 Å². The van der Waals surface area contributed by atoms with Crippen LogP contribution in [0.15, 0.2) is 48.5 Å². The number of piperazine rings is 1. The van der Waals surface area contributed by atoms with Crippen molar-refractivity contribution in [3.05, 3.63) is 70.8 Å². The van der Waals surface area contributed by atoms with E-state index in [4.69, 9.17) is 4.74 Å². The van der Waals surface area contributed by atoms with Crippen LogP contribution in [0, 0.1) is 20.8 Å². The van der Waals surface area contributed by atoms with Gasteiger partial charge in [0.15, 0.2) is 0 Å². The van der Waals surface area contributed by atoms with E-state index < -0.39 is 18.0 Å². The number of carbonyl (C=O) groups is 3. The summed E-state index contributed by atoms with van der Waals surface area (Å²) in [5.74, 6) is -0.824. The molecular weight excluding hydrogens is 444 g/mol. The van der Waals surface area contributed by atoms with Gasteiger partial charge in [0, 0.05) is 25.3 Å². The van der Waals surface area contributed by atoms with E-state index >= 15 is 0 Å². The fourth-order valence-electron chi connectivity index (χ4n) is 4.61. The normalized spacial score (nSPS) is 15.5. The predicted molar refractivity (Wildman–Crippen MR) is 137 cm³/mol. The number of methoxy groups -OCH3 is 1. The van der Waals surface area contributed by atoms with Gasteiger partial charge in [-0.2, -0.15) is 0 Å². The Labute approximate surface area is 204 Å². The van der Waals surface area contributed by atoms with E-state index in [9.17, 15) is 14.4 Å². The van der Waals surface area contributed by atoms with E-state index in [0.29, 0.717) is 30.9 Å². The number of amides is 3. The number of anilines is 2. The highest BCUT2D eigenvalue weighted by atomic mass is 16.5. The third-order valence-corrected chi connectivity index (χ3v) is 6.26. The van der Waals surface area contributed by atoms with Gasteiger partial charge in [0.25, 0.3) is 5.91 Å². The molecule has 1 saturated heterocycles. The van der Waals surface area contributed by atoms with Gasteiger partial charge in [-0.1, -0.05) is 42.0 Å². The first-order chi connectivity index (χ1) is 16.8. The lowest BCUT2D eigenvalue weighted by atomic mass is 10.0. The third-order valence-electron chi connectivity index (χ3n) is 6.26. The smallest absolute Gasteiger partial charge is 0.329 e. The molecule has 0 bridgehead atoms. The van der Waals surface area contributed by atoms with Crippen LogP contribution in [0.2, 0.25) is 0 Å². The van der Waals surface area contributed by atoms with Crippen LogP contribution in [0.1, 0.15) is 27.0 Å². The lowest BCUT2D eigenvalue weighted by molar-refractivity contribution is -0.146. The van der Waals surface area contributed by atoms with Crippen molar-refractivity contribution in [2.24, 2.45) is 0 Å². The molecule has 8 heteroatoms. The fraction of sp³-hybridized carbons (Fsp3) is 0.296. The Bertz CT molecular complexity index is 1280. The van der Waals surface area contributed by atoms with Crippen LogP contribution in [-0.4, -0.2) is 55.6 Å². The SMILES string of the molecule is COC(=O)[C@@H]1CNCCN1C(=O)c1cc2ccccc2cc1NC(=O)Nc1c(C)cc(C)cc1C. The van der Waals surface area contributed by atoms with E-state index in [1.807, 2.05) is 57.2 Å². The van der Waals surface area contributed by atoms with Gasteiger partial charge in [-0.3, -0.25) is 4.79 Å². The number of carbonyl (C=O) groups excluding carboxylic acids is 3. The van der Waals surface area contributed by atoms with Crippen LogP contribution >= 0.6 is 0 Å². The average molecular weight is 475 g/mol. The summed E-state index contributed by atoms with van der Waals surface area (Å²) >= 11 is 0. The second-order valence-corrected chi connectivity index (χ2v) is 8.84. The lowest BCUT2D eigenvalue weighted by Crippen LogP contribution is -2.57. The summed E-state index contributed by atoms with van der Waals surface area (Å²) < 4.78 is 4.92. The maximum atomic E-state index is 13.7. The average Bonchev–Trinajstić information content (AvgIpc) is 2.85. The van der Waals surface area contributed by atoms with Gasteiger partial charge >= 0.3 is 12.0 Å². The van der Waals surface area contributed by atoms with Crippen molar-refractivity contribution in [2.75, 3.05) is 37.4 Å². The maximum absolute atomic E-state index is 13.7. The largest absolute Gasteiger partial charge is 0.467 e. The molecule has 1 aliphatic heterocycles. The number of esters is 1. The number of nitrogens with one attached hydrogen (secondary N) is 3. The molecular formula is C27H30N4O4. The third kappa shape index (κ3) is 5.12. The van der Waals surface area contributed by atoms with Crippen molar-refractivity contribution in [3.8, 4) is 0 Å². The first kappa shape index (κ1) is 24.2. The Morgan fingerprint density at radius 3 is 2.29 bits per heavy atom. The van der Waals surface area contributed by atoms with Crippen molar-refractivity contribution in [1.29, 1.82) is 0 Å². The van der Waals surface area contributed by atoms with E-state index in [0.717, 1.165) is 33.2 Å². The summed E-state index contributed by atoms with van der Waals surface area (Å²) in [5.41, 5.74) is 4.44. The number of hydrogen-bond donors (Lipinski definition) is 3. The molecule has 1 heterocycles. The number of hydrogen-bond acceptors (Lipinski definition) is 5. The minimum absolute atomic E-state index is 0.307. The summed E-state index contributed by atoms with van der Waals surface area (Å²) in [5, 5.41) is 10.7. The maximum Gasteiger partial charge on any atom is 0.329 e. The molecule has 35 heavy (non-hydrogen) atoms. The molecule has 0 unspecified atom stereocenters. The van der Waals surface area contributed by atoms with E-state index in [2.05, 4.69) is 16.0 Å². The van der Waals surface area contributed by atoms with Crippen molar-refractivity contribution in [2.45, 2.75) is 26.8 Å². The monoisotopic (exact) mass is 474 g/mol. The number of urea groups is 1. The molecule has 3 aromatic rings. The summed E-state index contributed by atoms with van der Waals surface area (Å²) in [4.78, 5) is 40.6. The molecule has 1 aliphatic rings. The van der Waals surface area contributed by atoms with Gasteiger partial charge in [0.2, 0.25) is 0 Å². The van der Waals surface area contributed by atoms with Crippen LogP contribution in [0.3, 0.4) is 0 Å². The first-order valence-corrected chi connectivity index (χ1v) is 11.6. The molecule has 182 valence electrons. The van der Waals surface area contributed by atoms with E-state index in [1.54, 1.807) is 12.1 Å². The zero-order valence-corrected chi connectivity index (χ0v) is 20.4. The molecule has 0 spiro atoms. The quantitative estimate of drug-likeness (QED) is 0.497.